The summed E-state index contributed by atoms with van der Waals surface area (Å²) in [6, 6.07) is 25.5. The Morgan fingerprint density at radius 1 is 0.581 bits per heavy atom. The second kappa shape index (κ2) is 16.0. The molecular weight excluding hydrogens is 414 g/mol. The molecule has 1 aromatic heterocycles. The molecule has 0 N–H and O–H groups in total. The molecule has 161 valence electrons. The molecule has 0 atom stereocenters. The Morgan fingerprint density at radius 3 is 1.03 bits per heavy atom. The van der Waals surface area contributed by atoms with E-state index in [0.29, 0.717) is 0 Å². The van der Waals surface area contributed by atoms with Gasteiger partial charge in [0.15, 0.2) is 0 Å². The number of nitrogens with zero attached hydrogens (tertiary/aromatic N) is 1. The molecule has 0 amide bonds. The van der Waals surface area contributed by atoms with E-state index in [9.17, 15) is 0 Å². The normalized spacial score (nSPS) is 8.81. The van der Waals surface area contributed by atoms with Gasteiger partial charge in [-0.25, -0.2) is 0 Å². The fourth-order valence-corrected chi connectivity index (χ4v) is 2.67. The summed E-state index contributed by atoms with van der Waals surface area (Å²) in [6.45, 7) is 18.4. The first kappa shape index (κ1) is 28.2. The molecule has 0 bridgehead atoms. The van der Waals surface area contributed by atoms with E-state index in [0.717, 1.165) is 11.1 Å². The molecule has 0 aliphatic rings. The number of rotatable bonds is 0. The summed E-state index contributed by atoms with van der Waals surface area (Å²) in [5, 5.41) is 0. The standard InChI is InChI=1S/C10H15.2C7H7.C5H5N.Cr/c1-6-7(2)9(4)10(5)8(6)3;2*1-7-5-3-2-4-6-7;1-2-4-6-5-3-1;/h1-5H3;2*2-6H,1H2;1-5H;/q3*-1;;+3. The minimum Gasteiger partial charge on any atom is -0.265 e. The SMILES string of the molecule is Cc1c(C)c(C)[c-](C)c1C.[CH2-]c1ccccc1.[CH2-]c1ccccc1.[Cr+3].c1ccncc1. The van der Waals surface area contributed by atoms with E-state index in [4.69, 9.17) is 0 Å². The maximum Gasteiger partial charge on any atom is 3.00 e. The van der Waals surface area contributed by atoms with Crippen molar-refractivity contribution in [2.75, 3.05) is 0 Å². The van der Waals surface area contributed by atoms with Gasteiger partial charge in [-0.15, -0.1) is 24.3 Å². The van der Waals surface area contributed by atoms with Crippen LogP contribution in [0, 0.1) is 48.5 Å². The van der Waals surface area contributed by atoms with Crippen LogP contribution in [0.3, 0.4) is 0 Å². The van der Waals surface area contributed by atoms with Gasteiger partial charge in [0.1, 0.15) is 0 Å². The summed E-state index contributed by atoms with van der Waals surface area (Å²) in [4.78, 5) is 3.78. The first-order valence-electron chi connectivity index (χ1n) is 10.1. The summed E-state index contributed by atoms with van der Waals surface area (Å²) in [7, 11) is 0. The fourth-order valence-electron chi connectivity index (χ4n) is 2.67. The molecule has 0 saturated carbocycles. The summed E-state index contributed by atoms with van der Waals surface area (Å²) in [5.74, 6) is 0. The van der Waals surface area contributed by atoms with Crippen LogP contribution in [0.25, 0.3) is 0 Å². The van der Waals surface area contributed by atoms with Gasteiger partial charge in [0, 0.05) is 12.4 Å². The average Bonchev–Trinajstić information content (AvgIpc) is 2.95. The quantitative estimate of drug-likeness (QED) is 0.250. The zero-order chi connectivity index (χ0) is 22.4. The molecule has 31 heavy (non-hydrogen) atoms. The molecule has 1 nitrogen and oxygen atoms in total. The molecule has 0 aliphatic heterocycles. The molecule has 4 aromatic rings. The zero-order valence-corrected chi connectivity index (χ0v) is 20.7. The molecule has 0 saturated heterocycles. The maximum atomic E-state index is 3.78. The predicted octanol–water partition coefficient (Wildman–Crippen LogP) is 7.76. The van der Waals surface area contributed by atoms with Crippen molar-refractivity contribution < 1.29 is 17.4 Å². The summed E-state index contributed by atoms with van der Waals surface area (Å²) in [5.41, 5.74) is 9.48. The Kier molecular flexibility index (Phi) is 14.5. The van der Waals surface area contributed by atoms with Gasteiger partial charge in [0.05, 0.1) is 0 Å². The van der Waals surface area contributed by atoms with Crippen molar-refractivity contribution in [1.82, 2.24) is 4.98 Å². The van der Waals surface area contributed by atoms with Crippen LogP contribution in [0.15, 0.2) is 91.3 Å². The Morgan fingerprint density at radius 2 is 0.903 bits per heavy atom. The molecule has 1 heterocycles. The maximum absolute atomic E-state index is 3.78. The Bertz CT molecular complexity index is 798. The Labute approximate surface area is 200 Å². The van der Waals surface area contributed by atoms with Crippen LogP contribution in [-0.2, 0) is 17.4 Å². The second-order valence-electron chi connectivity index (χ2n) is 7.12. The minimum atomic E-state index is 0. The second-order valence-corrected chi connectivity index (χ2v) is 7.12. The van der Waals surface area contributed by atoms with Gasteiger partial charge in [0.2, 0.25) is 0 Å². The zero-order valence-electron chi connectivity index (χ0n) is 19.4. The Hall–Kier alpha value is -2.79. The van der Waals surface area contributed by atoms with E-state index >= 15 is 0 Å². The van der Waals surface area contributed by atoms with E-state index in [-0.39, 0.29) is 17.4 Å². The van der Waals surface area contributed by atoms with Crippen LogP contribution in [0.5, 0.6) is 0 Å². The van der Waals surface area contributed by atoms with Crippen molar-refractivity contribution in [3.63, 3.8) is 0 Å². The van der Waals surface area contributed by atoms with Gasteiger partial charge < -0.3 is 0 Å². The summed E-state index contributed by atoms with van der Waals surface area (Å²) in [6.07, 6.45) is 3.50. The third kappa shape index (κ3) is 11.2. The van der Waals surface area contributed by atoms with E-state index in [1.165, 1.54) is 27.8 Å². The molecule has 0 aliphatic carbocycles. The van der Waals surface area contributed by atoms with Gasteiger partial charge in [0.25, 0.3) is 0 Å². The molecule has 2 heteroatoms. The van der Waals surface area contributed by atoms with Crippen LogP contribution in [0.4, 0.5) is 0 Å². The minimum absolute atomic E-state index is 0. The average molecular weight is 449 g/mol. The van der Waals surface area contributed by atoms with Gasteiger partial charge >= 0.3 is 17.4 Å². The molecule has 3 aromatic carbocycles. The van der Waals surface area contributed by atoms with Gasteiger partial charge in [-0.2, -0.15) is 77.1 Å². The molecule has 0 fully saturated rings. The first-order valence-corrected chi connectivity index (χ1v) is 10.1. The number of benzene rings is 2. The summed E-state index contributed by atoms with van der Waals surface area (Å²) >= 11 is 0. The third-order valence-corrected chi connectivity index (χ3v) is 5.06. The first-order chi connectivity index (χ1) is 14.3. The Balaban J connectivity index is 0.000000390. The summed E-state index contributed by atoms with van der Waals surface area (Å²) < 4.78 is 0. The van der Waals surface area contributed by atoms with Crippen LogP contribution in [-0.4, -0.2) is 4.98 Å². The van der Waals surface area contributed by atoms with Crippen LogP contribution in [0.1, 0.15) is 38.9 Å². The van der Waals surface area contributed by atoms with Crippen molar-refractivity contribution in [1.29, 1.82) is 0 Å². The molecule has 4 rings (SSSR count). The fraction of sp³-hybridized carbons (Fsp3) is 0.172. The van der Waals surface area contributed by atoms with Crippen molar-refractivity contribution in [3.8, 4) is 0 Å². The van der Waals surface area contributed by atoms with Crippen molar-refractivity contribution in [2.24, 2.45) is 0 Å². The third-order valence-electron chi connectivity index (χ3n) is 5.06. The molecule has 1 radical (unpaired) electrons. The van der Waals surface area contributed by atoms with Gasteiger partial charge in [-0.1, -0.05) is 52.8 Å². The van der Waals surface area contributed by atoms with Gasteiger partial charge in [-0.05, 0) is 12.1 Å². The monoisotopic (exact) mass is 448 g/mol. The van der Waals surface area contributed by atoms with Crippen LogP contribution in [0.2, 0.25) is 0 Å². The molecular formula is C29H34CrN. The van der Waals surface area contributed by atoms with Crippen molar-refractivity contribution in [3.05, 3.63) is 144 Å². The smallest absolute Gasteiger partial charge is 0.265 e. The molecule has 0 unspecified atom stereocenters. The predicted molar refractivity (Wildman–Crippen MR) is 132 cm³/mol. The number of hydrogen-bond acceptors (Lipinski definition) is 1. The van der Waals surface area contributed by atoms with E-state index in [1.807, 2.05) is 78.9 Å². The van der Waals surface area contributed by atoms with E-state index in [2.05, 4.69) is 53.5 Å². The van der Waals surface area contributed by atoms with Gasteiger partial charge in [-0.3, -0.25) is 4.98 Å². The van der Waals surface area contributed by atoms with E-state index < -0.39 is 0 Å². The number of hydrogen-bond donors (Lipinski definition) is 0. The van der Waals surface area contributed by atoms with E-state index in [1.54, 1.807) is 12.4 Å². The molecule has 0 spiro atoms. The van der Waals surface area contributed by atoms with Crippen molar-refractivity contribution >= 4 is 0 Å². The van der Waals surface area contributed by atoms with Crippen LogP contribution >= 0.6 is 0 Å². The topological polar surface area (TPSA) is 12.9 Å². The van der Waals surface area contributed by atoms with Crippen molar-refractivity contribution in [2.45, 2.75) is 34.6 Å². The van der Waals surface area contributed by atoms with Crippen LogP contribution < -0.4 is 0 Å². The largest absolute Gasteiger partial charge is 3.00 e. The number of pyridine rings is 1. The number of aromatic nitrogens is 1.